The van der Waals surface area contributed by atoms with Gasteiger partial charge >= 0.3 is 0 Å². The Balaban J connectivity index is 1.37. The minimum absolute atomic E-state index is 0.0715. The highest BCUT2D eigenvalue weighted by molar-refractivity contribution is 6.15. The molecule has 0 unspecified atom stereocenters. The highest BCUT2D eigenvalue weighted by atomic mass is 16.3. The molecule has 0 saturated carbocycles. The molecule has 10 rings (SSSR count). The summed E-state index contributed by atoms with van der Waals surface area (Å²) in [5, 5.41) is -1.77. The predicted octanol–water partition coefficient (Wildman–Crippen LogP) is 13.0. The van der Waals surface area contributed by atoms with Crippen LogP contribution in [0.4, 0.5) is 17.1 Å². The Bertz CT molecular complexity index is 4200. The van der Waals surface area contributed by atoms with Gasteiger partial charge in [0.05, 0.1) is 45.3 Å². The van der Waals surface area contributed by atoms with E-state index >= 15 is 0 Å². The molecule has 0 aliphatic heterocycles. The van der Waals surface area contributed by atoms with E-state index in [1.807, 2.05) is 0 Å². The van der Waals surface area contributed by atoms with Crippen molar-refractivity contribution in [1.29, 1.82) is 0 Å². The first-order chi connectivity index (χ1) is 34.7. The highest BCUT2D eigenvalue weighted by Crippen LogP contribution is 2.42. The van der Waals surface area contributed by atoms with Gasteiger partial charge < -0.3 is 13.9 Å². The summed E-state index contributed by atoms with van der Waals surface area (Å²) < 4.78 is 228. The molecule has 0 amide bonds. The quantitative estimate of drug-likeness (QED) is 0.185. The molecule has 0 spiro atoms. The van der Waals surface area contributed by atoms with Crippen LogP contribution in [-0.2, 0) is 0 Å². The van der Waals surface area contributed by atoms with Gasteiger partial charge in [-0.05, 0) is 95.2 Å². The van der Waals surface area contributed by atoms with Crippen LogP contribution in [0.25, 0.3) is 71.3 Å². The molecule has 2 aromatic heterocycles. The number of benzene rings is 8. The minimum atomic E-state index is -0.858. The summed E-state index contributed by atoms with van der Waals surface area (Å²) in [4.78, 5) is 0.970. The number of hydrogen-bond donors (Lipinski definition) is 0. The Morgan fingerprint density at radius 1 is 0.469 bits per heavy atom. The molecule has 2 heterocycles. The highest BCUT2D eigenvalue weighted by Gasteiger charge is 2.19. The van der Waals surface area contributed by atoms with Crippen molar-refractivity contribution in [3.63, 3.8) is 0 Å². The largest absolute Gasteiger partial charge is 0.455 e. The Morgan fingerprint density at radius 2 is 1.16 bits per heavy atom. The Labute approximate surface area is 318 Å². The van der Waals surface area contributed by atoms with Gasteiger partial charge in [0, 0.05) is 49.7 Å². The van der Waals surface area contributed by atoms with E-state index in [-0.39, 0.29) is 44.0 Å². The van der Waals surface area contributed by atoms with Crippen molar-refractivity contribution in [1.82, 2.24) is 4.57 Å². The third-order valence-corrected chi connectivity index (χ3v) is 7.97. The summed E-state index contributed by atoms with van der Waals surface area (Å²) in [6.07, 6.45) is 0. The van der Waals surface area contributed by atoms with Crippen molar-refractivity contribution >= 4 is 71.6 Å². The lowest BCUT2D eigenvalue weighted by atomic mass is 10.0. The molecule has 0 aliphatic carbocycles. The summed E-state index contributed by atoms with van der Waals surface area (Å²) in [6, 6.07) is -12.0. The number of fused-ring (bicyclic) bond motifs is 8. The van der Waals surface area contributed by atoms with Gasteiger partial charge in [0.2, 0.25) is 0 Å². The second-order valence-electron chi connectivity index (χ2n) is 10.7. The van der Waals surface area contributed by atoms with Gasteiger partial charge in [-0.2, -0.15) is 0 Å². The van der Waals surface area contributed by atoms with E-state index in [1.54, 1.807) is 0 Å². The van der Waals surface area contributed by atoms with E-state index in [1.165, 1.54) is 6.07 Å². The number of furan rings is 1. The van der Waals surface area contributed by atoms with Crippen LogP contribution in [0.2, 0.25) is 0 Å². The Kier molecular flexibility index (Phi) is 2.80. The second-order valence-corrected chi connectivity index (χ2v) is 10.7. The second kappa shape index (κ2) is 11.0. The maximum Gasteiger partial charge on any atom is 0.143 e. The van der Waals surface area contributed by atoms with Crippen LogP contribution in [0.15, 0.2) is 186 Å². The van der Waals surface area contributed by atoms with E-state index in [0.717, 1.165) is 33.7 Å². The number of nitrogens with zero attached hydrogens (tertiary/aromatic N) is 2. The molecule has 0 aliphatic rings. The molecule has 3 nitrogen and oxygen atoms in total. The molecule has 0 N–H and O–H groups in total. The monoisotopic (exact) mass is 651 g/mol. The molecular formula is C46H30N2O. The van der Waals surface area contributed by atoms with Gasteiger partial charge in [-0.3, -0.25) is 0 Å². The van der Waals surface area contributed by atoms with Crippen molar-refractivity contribution in [2.45, 2.75) is 0 Å². The lowest BCUT2D eigenvalue weighted by molar-refractivity contribution is 0.672. The summed E-state index contributed by atoms with van der Waals surface area (Å²) >= 11 is 0. The average Bonchev–Trinajstić information content (AvgIpc) is 3.91. The van der Waals surface area contributed by atoms with Crippen molar-refractivity contribution in [3.05, 3.63) is 181 Å². The molecule has 0 radical (unpaired) electrons. The standard InChI is InChI=1S/C46H30N2O/c1-3-11-31(12-4-1)32-19-22-35(23-20-32)47(36-24-27-38-33(29-36)21-26-41-40-16-8-10-18-45(40)49-46(38)41)37-25-28-44-42(30-37)39-15-7-9-17-43(39)48(44)34-13-5-2-6-14-34/h1-30H/i1D,2D,3D,4D,5D,6D,7D,8D,9D,10D,11D,12D,13D,14D,15D,16D,18D,19D,20D,21D,24D,25D,26D,27D,29D. The number of rotatable bonds is 5. The summed E-state index contributed by atoms with van der Waals surface area (Å²) in [6.45, 7) is 0. The number of aromatic nitrogens is 1. The molecule has 230 valence electrons. The van der Waals surface area contributed by atoms with Crippen LogP contribution >= 0.6 is 0 Å². The fourth-order valence-electron chi connectivity index (χ4n) is 5.86. The van der Waals surface area contributed by atoms with E-state index < -0.39 is 196 Å². The van der Waals surface area contributed by atoms with Crippen LogP contribution in [0.1, 0.15) is 34.3 Å². The molecule has 3 heteroatoms. The maximum absolute atomic E-state index is 9.82. The van der Waals surface area contributed by atoms with Crippen LogP contribution < -0.4 is 4.90 Å². The third-order valence-electron chi connectivity index (χ3n) is 7.97. The molecule has 0 saturated heterocycles. The third kappa shape index (κ3) is 4.44. The predicted molar refractivity (Wildman–Crippen MR) is 206 cm³/mol. The average molecular weight is 652 g/mol. The first-order valence-electron chi connectivity index (χ1n) is 27.1. The zero-order valence-electron chi connectivity index (χ0n) is 49.7. The van der Waals surface area contributed by atoms with Crippen LogP contribution in [0, 0.1) is 0 Å². The summed E-state index contributed by atoms with van der Waals surface area (Å²) in [5.74, 6) is 0. The fourth-order valence-corrected chi connectivity index (χ4v) is 5.86. The van der Waals surface area contributed by atoms with Gasteiger partial charge in [-0.25, -0.2) is 0 Å². The summed E-state index contributed by atoms with van der Waals surface area (Å²) in [5.41, 5.74) is -3.86. The van der Waals surface area contributed by atoms with E-state index in [2.05, 4.69) is 0 Å². The maximum atomic E-state index is 9.82. The lowest BCUT2D eigenvalue weighted by Gasteiger charge is -2.26. The smallest absolute Gasteiger partial charge is 0.143 e. The molecule has 0 bridgehead atoms. The SMILES string of the molecule is [2H]c1cc2c(cc1N(c1cc([2H])c(-c3c([2H])c([2H])c([2H])c([2H])c3[2H])c([2H])c1)c1c([2H])c([2H])c3c(c1[2H])c([2H])c([2H])c1c3oc3c([2H])c([2H])c([2H])c([2H])c31)c1c([2H])c([2H])c([2H])cc1n2-c1c([2H])c([2H])c([2H])c([2H])c1[2H]. The Hall–Kier alpha value is -6.58. The lowest BCUT2D eigenvalue weighted by Crippen LogP contribution is -2.10. The normalized spacial score (nSPS) is 18.8. The molecule has 10 aromatic rings. The first kappa shape index (κ1) is 12.5. The molecule has 8 aromatic carbocycles. The first-order valence-corrected chi connectivity index (χ1v) is 14.6. The number of anilines is 3. The van der Waals surface area contributed by atoms with Gasteiger partial charge in [0.15, 0.2) is 0 Å². The zero-order chi connectivity index (χ0) is 54.1. The minimum Gasteiger partial charge on any atom is -0.455 e. The molecule has 49 heavy (non-hydrogen) atoms. The van der Waals surface area contributed by atoms with Crippen molar-refractivity contribution < 1.29 is 38.7 Å². The van der Waals surface area contributed by atoms with Gasteiger partial charge in [0.25, 0.3) is 0 Å². The van der Waals surface area contributed by atoms with Crippen molar-refractivity contribution in [2.24, 2.45) is 0 Å². The van der Waals surface area contributed by atoms with Crippen LogP contribution in [-0.4, -0.2) is 4.57 Å². The van der Waals surface area contributed by atoms with Crippen molar-refractivity contribution in [2.75, 3.05) is 4.90 Å². The number of para-hydroxylation sites is 3. The van der Waals surface area contributed by atoms with Crippen molar-refractivity contribution in [3.8, 4) is 16.8 Å². The van der Waals surface area contributed by atoms with E-state index in [4.69, 9.17) is 29.1 Å². The summed E-state index contributed by atoms with van der Waals surface area (Å²) in [7, 11) is 0. The topological polar surface area (TPSA) is 21.3 Å². The Morgan fingerprint density at radius 3 is 2.02 bits per heavy atom. The van der Waals surface area contributed by atoms with Gasteiger partial charge in [-0.15, -0.1) is 0 Å². The number of hydrogen-bond acceptors (Lipinski definition) is 2. The van der Waals surface area contributed by atoms with Gasteiger partial charge in [0.1, 0.15) is 11.2 Å². The van der Waals surface area contributed by atoms with Crippen LogP contribution in [0.5, 0.6) is 0 Å². The van der Waals surface area contributed by atoms with Crippen LogP contribution in [0.3, 0.4) is 0 Å². The molecule has 0 atom stereocenters. The molecule has 0 fully saturated rings. The molecular weight excluding hydrogens is 597 g/mol. The zero-order valence-corrected chi connectivity index (χ0v) is 24.7. The van der Waals surface area contributed by atoms with E-state index in [0.29, 0.717) is 0 Å². The fraction of sp³-hybridized carbons (Fsp3) is 0. The van der Waals surface area contributed by atoms with E-state index in [9.17, 15) is 9.60 Å². The van der Waals surface area contributed by atoms with Gasteiger partial charge in [-0.1, -0.05) is 103 Å².